The second-order valence-electron chi connectivity index (χ2n) is 3.61. The van der Waals surface area contributed by atoms with Crippen LogP contribution in [-0.2, 0) is 4.79 Å². The van der Waals surface area contributed by atoms with Gasteiger partial charge in [0.05, 0.1) is 0 Å². The van der Waals surface area contributed by atoms with Crippen LogP contribution in [0.15, 0.2) is 35.5 Å². The zero-order valence-electron chi connectivity index (χ0n) is 9.05. The summed E-state index contributed by atoms with van der Waals surface area (Å²) in [6, 6.07) is 0. The number of hydrogen-bond acceptors (Lipinski definition) is 1. The fraction of sp³-hybridized carbons (Fsp3) is 0.462. The van der Waals surface area contributed by atoms with Gasteiger partial charge in [-0.05, 0) is 32.6 Å². The van der Waals surface area contributed by atoms with Crippen molar-refractivity contribution >= 4 is 5.78 Å². The van der Waals surface area contributed by atoms with E-state index >= 15 is 0 Å². The zero-order chi connectivity index (χ0) is 10.4. The van der Waals surface area contributed by atoms with Gasteiger partial charge in [-0.15, -0.1) is 0 Å². The normalized spacial score (nSPS) is 17.6. The van der Waals surface area contributed by atoms with Crippen molar-refractivity contribution in [2.75, 3.05) is 0 Å². The Bertz CT molecular complexity index is 292. The minimum Gasteiger partial charge on any atom is -0.295 e. The van der Waals surface area contributed by atoms with Crippen molar-refractivity contribution in [2.24, 2.45) is 0 Å². The van der Waals surface area contributed by atoms with Crippen molar-refractivity contribution in [1.82, 2.24) is 0 Å². The van der Waals surface area contributed by atoms with Gasteiger partial charge in [0.25, 0.3) is 0 Å². The average molecular weight is 190 g/mol. The maximum atomic E-state index is 11.2. The highest BCUT2D eigenvalue weighted by atomic mass is 16.1. The lowest BCUT2D eigenvalue weighted by Crippen LogP contribution is -1.92. The lowest BCUT2D eigenvalue weighted by Gasteiger charge is -1.96. The Morgan fingerprint density at radius 3 is 2.64 bits per heavy atom. The van der Waals surface area contributed by atoms with Gasteiger partial charge in [0.1, 0.15) is 0 Å². The molecule has 1 nitrogen and oxygen atoms in total. The molecule has 0 spiro atoms. The van der Waals surface area contributed by atoms with Crippen LogP contribution in [0.2, 0.25) is 0 Å². The first-order valence-corrected chi connectivity index (χ1v) is 5.32. The largest absolute Gasteiger partial charge is 0.295 e. The predicted octanol–water partition coefficient (Wildman–Crippen LogP) is 3.58. The highest BCUT2D eigenvalue weighted by Gasteiger charge is 2.00. The van der Waals surface area contributed by atoms with Crippen LogP contribution in [0.25, 0.3) is 0 Å². The van der Waals surface area contributed by atoms with Gasteiger partial charge < -0.3 is 0 Å². The molecule has 0 radical (unpaired) electrons. The fourth-order valence-corrected chi connectivity index (χ4v) is 1.52. The Kier molecular flexibility index (Phi) is 4.37. The molecule has 0 bridgehead atoms. The number of hydrogen-bond donors (Lipinski definition) is 0. The van der Waals surface area contributed by atoms with E-state index in [2.05, 4.69) is 19.1 Å². The van der Waals surface area contributed by atoms with Gasteiger partial charge >= 0.3 is 0 Å². The van der Waals surface area contributed by atoms with Crippen molar-refractivity contribution in [3.05, 3.63) is 35.5 Å². The van der Waals surface area contributed by atoms with E-state index in [1.54, 1.807) is 6.92 Å². The van der Waals surface area contributed by atoms with Gasteiger partial charge in [-0.1, -0.05) is 36.8 Å². The van der Waals surface area contributed by atoms with E-state index in [1.165, 1.54) is 5.57 Å². The molecule has 0 fully saturated rings. The molecule has 1 aliphatic rings. The molecule has 0 atom stereocenters. The minimum absolute atomic E-state index is 0.165. The number of ketones is 1. The standard InChI is InChI=1S/C13H18O/c1-3-12-7-5-4-6-8-13(10-9-12)11(2)14/h7-10H,3-6H2,1-2H3. The van der Waals surface area contributed by atoms with E-state index in [1.807, 2.05) is 12.2 Å². The quantitative estimate of drug-likeness (QED) is 0.650. The van der Waals surface area contributed by atoms with Crippen LogP contribution in [0.3, 0.4) is 0 Å². The predicted molar refractivity (Wildman–Crippen MR) is 60.1 cm³/mol. The lowest BCUT2D eigenvalue weighted by atomic mass is 10.1. The van der Waals surface area contributed by atoms with Gasteiger partial charge in [0, 0.05) is 5.57 Å². The third-order valence-corrected chi connectivity index (χ3v) is 2.47. The van der Waals surface area contributed by atoms with Crippen LogP contribution in [-0.4, -0.2) is 5.78 Å². The topological polar surface area (TPSA) is 17.1 Å². The molecule has 1 aliphatic carbocycles. The Morgan fingerprint density at radius 1 is 1.29 bits per heavy atom. The molecule has 1 heteroatoms. The van der Waals surface area contributed by atoms with Crippen LogP contribution >= 0.6 is 0 Å². The van der Waals surface area contributed by atoms with Crippen LogP contribution < -0.4 is 0 Å². The molecule has 14 heavy (non-hydrogen) atoms. The Morgan fingerprint density at radius 2 is 2.00 bits per heavy atom. The number of Topliss-reactive ketones (excluding diaryl/α,β-unsaturated/α-hetero) is 1. The molecule has 0 amide bonds. The summed E-state index contributed by atoms with van der Waals surface area (Å²) in [5.41, 5.74) is 2.19. The van der Waals surface area contributed by atoms with Crippen molar-refractivity contribution in [3.8, 4) is 0 Å². The van der Waals surface area contributed by atoms with E-state index in [0.29, 0.717) is 0 Å². The molecule has 1 rings (SSSR count). The molecule has 0 N–H and O–H groups in total. The molecule has 0 aromatic rings. The third-order valence-electron chi connectivity index (χ3n) is 2.47. The highest BCUT2D eigenvalue weighted by molar-refractivity contribution is 5.96. The smallest absolute Gasteiger partial charge is 0.159 e. The van der Waals surface area contributed by atoms with Gasteiger partial charge in [-0.3, -0.25) is 4.79 Å². The van der Waals surface area contributed by atoms with Crippen LogP contribution in [0.1, 0.15) is 39.5 Å². The van der Waals surface area contributed by atoms with Crippen LogP contribution in [0.4, 0.5) is 0 Å². The Balaban J connectivity index is 2.84. The first-order chi connectivity index (χ1) is 6.74. The van der Waals surface area contributed by atoms with Gasteiger partial charge in [0.2, 0.25) is 0 Å². The Labute approximate surface area is 86.2 Å². The highest BCUT2D eigenvalue weighted by Crippen LogP contribution is 2.13. The number of rotatable bonds is 2. The zero-order valence-corrected chi connectivity index (χ0v) is 9.05. The molecule has 0 aromatic carbocycles. The molecule has 0 saturated carbocycles. The first-order valence-electron chi connectivity index (χ1n) is 5.32. The molecule has 76 valence electrons. The molecule has 0 aliphatic heterocycles. The fourth-order valence-electron chi connectivity index (χ4n) is 1.52. The van der Waals surface area contributed by atoms with E-state index in [-0.39, 0.29) is 5.78 Å². The summed E-state index contributed by atoms with van der Waals surface area (Å²) in [5, 5.41) is 0. The first kappa shape index (κ1) is 11.0. The van der Waals surface area contributed by atoms with Crippen LogP contribution in [0.5, 0.6) is 0 Å². The van der Waals surface area contributed by atoms with E-state index in [9.17, 15) is 4.79 Å². The van der Waals surface area contributed by atoms with Gasteiger partial charge in [-0.2, -0.15) is 0 Å². The van der Waals surface area contributed by atoms with Gasteiger partial charge in [0.15, 0.2) is 5.78 Å². The van der Waals surface area contributed by atoms with Gasteiger partial charge in [-0.25, -0.2) is 0 Å². The summed E-state index contributed by atoms with van der Waals surface area (Å²) in [4.78, 5) is 11.2. The maximum Gasteiger partial charge on any atom is 0.159 e. The number of carbonyl (C=O) groups excluding carboxylic acids is 1. The van der Waals surface area contributed by atoms with Crippen molar-refractivity contribution < 1.29 is 4.79 Å². The van der Waals surface area contributed by atoms with Crippen molar-refractivity contribution in [3.63, 3.8) is 0 Å². The SMILES string of the molecule is CCC1=CCCCC=C(C(C)=O)C=C1. The van der Waals surface area contributed by atoms with E-state index in [4.69, 9.17) is 0 Å². The van der Waals surface area contributed by atoms with Crippen molar-refractivity contribution in [2.45, 2.75) is 39.5 Å². The second-order valence-corrected chi connectivity index (χ2v) is 3.61. The molecular weight excluding hydrogens is 172 g/mol. The number of allylic oxidation sites excluding steroid dienone is 6. The molecule has 0 saturated heterocycles. The van der Waals surface area contributed by atoms with Crippen molar-refractivity contribution in [1.29, 1.82) is 0 Å². The number of carbonyl (C=O) groups is 1. The summed E-state index contributed by atoms with van der Waals surface area (Å²) in [6.45, 7) is 3.77. The summed E-state index contributed by atoms with van der Waals surface area (Å²) < 4.78 is 0. The van der Waals surface area contributed by atoms with E-state index in [0.717, 1.165) is 31.3 Å². The van der Waals surface area contributed by atoms with E-state index < -0.39 is 0 Å². The summed E-state index contributed by atoms with van der Waals surface area (Å²) in [7, 11) is 0. The Hall–Kier alpha value is -1.11. The monoisotopic (exact) mass is 190 g/mol. The lowest BCUT2D eigenvalue weighted by molar-refractivity contribution is -0.113. The second kappa shape index (κ2) is 5.58. The maximum absolute atomic E-state index is 11.2. The third kappa shape index (κ3) is 3.33. The van der Waals surface area contributed by atoms with Crippen LogP contribution in [0, 0.1) is 0 Å². The molecule has 0 aromatic heterocycles. The summed E-state index contributed by atoms with van der Waals surface area (Å²) >= 11 is 0. The summed E-state index contributed by atoms with van der Waals surface area (Å²) in [6.07, 6.45) is 12.6. The molecular formula is C13H18O. The molecule has 0 heterocycles. The minimum atomic E-state index is 0.165. The summed E-state index contributed by atoms with van der Waals surface area (Å²) in [5.74, 6) is 0.165. The average Bonchev–Trinajstić information content (AvgIpc) is 2.28. The molecule has 0 unspecified atom stereocenters.